The highest BCUT2D eigenvalue weighted by Gasteiger charge is 2.32. The highest BCUT2D eigenvalue weighted by molar-refractivity contribution is 5.79. The smallest absolute Gasteiger partial charge is 0.227 e. The summed E-state index contributed by atoms with van der Waals surface area (Å²) in [6, 6.07) is 14.5. The number of hydrogen-bond acceptors (Lipinski definition) is 2. The standard InChI is InChI=1S/C19H20FNO2/c1-13-9-16(15-5-3-2-4-6-15)12-21(13)19(23)11-14-7-8-18(22)17(20)10-14/h2-8,10,13,16,22H,9,11-12H2,1H3. The molecule has 0 aliphatic carbocycles. The predicted molar refractivity (Wildman–Crippen MR) is 86.7 cm³/mol. The molecule has 0 spiro atoms. The molecule has 0 aromatic heterocycles. The molecule has 0 radical (unpaired) electrons. The lowest BCUT2D eigenvalue weighted by atomic mass is 9.97. The van der Waals surface area contributed by atoms with Crippen LogP contribution in [-0.2, 0) is 11.2 Å². The lowest BCUT2D eigenvalue weighted by molar-refractivity contribution is -0.131. The van der Waals surface area contributed by atoms with Crippen molar-refractivity contribution in [2.45, 2.75) is 31.7 Å². The van der Waals surface area contributed by atoms with Gasteiger partial charge in [-0.15, -0.1) is 0 Å². The molecule has 2 aromatic rings. The van der Waals surface area contributed by atoms with Crippen LogP contribution in [0.5, 0.6) is 5.75 Å². The van der Waals surface area contributed by atoms with Crippen LogP contribution in [-0.4, -0.2) is 28.5 Å². The fourth-order valence-corrected chi connectivity index (χ4v) is 3.28. The Labute approximate surface area is 135 Å². The van der Waals surface area contributed by atoms with Crippen LogP contribution >= 0.6 is 0 Å². The molecule has 2 unspecified atom stereocenters. The van der Waals surface area contributed by atoms with Gasteiger partial charge in [-0.1, -0.05) is 36.4 Å². The first-order valence-electron chi connectivity index (χ1n) is 7.86. The predicted octanol–water partition coefficient (Wildman–Crippen LogP) is 3.48. The fraction of sp³-hybridized carbons (Fsp3) is 0.316. The van der Waals surface area contributed by atoms with E-state index in [0.717, 1.165) is 6.42 Å². The van der Waals surface area contributed by atoms with Crippen LogP contribution < -0.4 is 0 Å². The third-order valence-corrected chi connectivity index (χ3v) is 4.53. The number of rotatable bonds is 3. The number of carbonyl (C=O) groups excluding carboxylic acids is 1. The average Bonchev–Trinajstić information content (AvgIpc) is 2.94. The molecule has 1 amide bonds. The van der Waals surface area contributed by atoms with Crippen molar-refractivity contribution in [3.63, 3.8) is 0 Å². The van der Waals surface area contributed by atoms with Crippen LogP contribution in [0.15, 0.2) is 48.5 Å². The fourth-order valence-electron chi connectivity index (χ4n) is 3.28. The van der Waals surface area contributed by atoms with E-state index >= 15 is 0 Å². The number of amides is 1. The summed E-state index contributed by atoms with van der Waals surface area (Å²) in [7, 11) is 0. The van der Waals surface area contributed by atoms with Gasteiger partial charge in [0, 0.05) is 18.5 Å². The average molecular weight is 313 g/mol. The second-order valence-corrected chi connectivity index (χ2v) is 6.20. The first-order valence-corrected chi connectivity index (χ1v) is 7.86. The zero-order valence-electron chi connectivity index (χ0n) is 13.1. The van der Waals surface area contributed by atoms with Crippen LogP contribution in [0.2, 0.25) is 0 Å². The maximum Gasteiger partial charge on any atom is 0.227 e. The van der Waals surface area contributed by atoms with Crippen LogP contribution in [0.25, 0.3) is 0 Å². The number of benzene rings is 2. The third-order valence-electron chi connectivity index (χ3n) is 4.53. The molecular formula is C19H20FNO2. The maximum absolute atomic E-state index is 13.4. The van der Waals surface area contributed by atoms with E-state index in [1.54, 1.807) is 6.07 Å². The monoisotopic (exact) mass is 313 g/mol. The van der Waals surface area contributed by atoms with E-state index in [0.29, 0.717) is 18.0 Å². The van der Waals surface area contributed by atoms with Crippen LogP contribution in [0, 0.1) is 5.82 Å². The zero-order chi connectivity index (χ0) is 16.4. The van der Waals surface area contributed by atoms with E-state index < -0.39 is 5.82 Å². The summed E-state index contributed by atoms with van der Waals surface area (Å²) in [6.07, 6.45) is 1.10. The molecule has 1 saturated heterocycles. The molecule has 1 N–H and O–H groups in total. The van der Waals surface area contributed by atoms with Crippen molar-refractivity contribution in [2.75, 3.05) is 6.54 Å². The molecule has 1 aliphatic heterocycles. The second-order valence-electron chi connectivity index (χ2n) is 6.20. The van der Waals surface area contributed by atoms with E-state index in [4.69, 9.17) is 0 Å². The maximum atomic E-state index is 13.4. The van der Waals surface area contributed by atoms with Gasteiger partial charge in [-0.3, -0.25) is 4.79 Å². The number of hydrogen-bond donors (Lipinski definition) is 1. The van der Waals surface area contributed by atoms with Gasteiger partial charge in [0.25, 0.3) is 0 Å². The Morgan fingerprint density at radius 2 is 2.00 bits per heavy atom. The number of aromatic hydroxyl groups is 1. The Balaban J connectivity index is 1.69. The van der Waals surface area contributed by atoms with Crippen molar-refractivity contribution < 1.29 is 14.3 Å². The molecule has 0 saturated carbocycles. The minimum absolute atomic E-state index is 0.000945. The van der Waals surface area contributed by atoms with Gasteiger partial charge in [0.05, 0.1) is 6.42 Å². The first kappa shape index (κ1) is 15.5. The molecule has 2 aromatic carbocycles. The normalized spacial score (nSPS) is 20.7. The molecule has 2 atom stereocenters. The van der Waals surface area contributed by atoms with Crippen molar-refractivity contribution in [3.8, 4) is 5.75 Å². The quantitative estimate of drug-likeness (QED) is 0.942. The number of nitrogens with zero attached hydrogens (tertiary/aromatic N) is 1. The van der Waals surface area contributed by atoms with Gasteiger partial charge in [0.15, 0.2) is 11.6 Å². The molecule has 1 heterocycles. The number of likely N-dealkylation sites (tertiary alicyclic amines) is 1. The van der Waals surface area contributed by atoms with Gasteiger partial charge in [-0.25, -0.2) is 4.39 Å². The molecule has 1 fully saturated rings. The summed E-state index contributed by atoms with van der Waals surface area (Å²) >= 11 is 0. The third kappa shape index (κ3) is 3.36. The van der Waals surface area contributed by atoms with Gasteiger partial charge in [-0.2, -0.15) is 0 Å². The molecule has 3 nitrogen and oxygen atoms in total. The van der Waals surface area contributed by atoms with Crippen LogP contribution in [0.1, 0.15) is 30.4 Å². The summed E-state index contributed by atoms with van der Waals surface area (Å²) in [6.45, 7) is 2.75. The van der Waals surface area contributed by atoms with Crippen molar-refractivity contribution in [1.82, 2.24) is 4.90 Å². The Bertz CT molecular complexity index is 702. The van der Waals surface area contributed by atoms with E-state index in [1.807, 2.05) is 23.1 Å². The summed E-state index contributed by atoms with van der Waals surface area (Å²) in [5.41, 5.74) is 1.84. The Morgan fingerprint density at radius 3 is 2.70 bits per heavy atom. The number of phenols is 1. The van der Waals surface area contributed by atoms with Gasteiger partial charge in [-0.05, 0) is 36.6 Å². The van der Waals surface area contributed by atoms with E-state index in [9.17, 15) is 14.3 Å². The summed E-state index contributed by atoms with van der Waals surface area (Å²) in [5.74, 6) is -0.723. The van der Waals surface area contributed by atoms with Gasteiger partial charge in [0.1, 0.15) is 0 Å². The van der Waals surface area contributed by atoms with Gasteiger partial charge < -0.3 is 10.0 Å². The number of phenolic OH excluding ortho intramolecular Hbond substituents is 1. The first-order chi connectivity index (χ1) is 11.0. The molecule has 120 valence electrons. The topological polar surface area (TPSA) is 40.5 Å². The van der Waals surface area contributed by atoms with Crippen molar-refractivity contribution in [2.24, 2.45) is 0 Å². The molecule has 1 aliphatic rings. The Hall–Kier alpha value is -2.36. The summed E-state index contributed by atoms with van der Waals surface area (Å²) in [4.78, 5) is 14.4. The minimum Gasteiger partial charge on any atom is -0.505 e. The summed E-state index contributed by atoms with van der Waals surface area (Å²) < 4.78 is 13.4. The molecular weight excluding hydrogens is 293 g/mol. The minimum atomic E-state index is -0.688. The summed E-state index contributed by atoms with van der Waals surface area (Å²) in [5, 5.41) is 9.22. The molecule has 4 heteroatoms. The number of carbonyl (C=O) groups is 1. The SMILES string of the molecule is CC1CC(c2ccccc2)CN1C(=O)Cc1ccc(O)c(F)c1. The van der Waals surface area contributed by atoms with Crippen molar-refractivity contribution in [1.29, 1.82) is 0 Å². The molecule has 23 heavy (non-hydrogen) atoms. The Morgan fingerprint density at radius 1 is 1.26 bits per heavy atom. The number of halogens is 1. The molecule has 3 rings (SSSR count). The van der Waals surface area contributed by atoms with Crippen LogP contribution in [0.4, 0.5) is 4.39 Å². The lowest BCUT2D eigenvalue weighted by Crippen LogP contribution is -2.35. The zero-order valence-corrected chi connectivity index (χ0v) is 13.1. The lowest BCUT2D eigenvalue weighted by Gasteiger charge is -2.21. The van der Waals surface area contributed by atoms with Crippen molar-refractivity contribution >= 4 is 5.91 Å². The van der Waals surface area contributed by atoms with E-state index in [2.05, 4.69) is 19.1 Å². The van der Waals surface area contributed by atoms with Gasteiger partial charge in [0.2, 0.25) is 5.91 Å². The highest BCUT2D eigenvalue weighted by atomic mass is 19.1. The van der Waals surface area contributed by atoms with Gasteiger partial charge >= 0.3 is 0 Å². The van der Waals surface area contributed by atoms with E-state index in [-0.39, 0.29) is 24.1 Å². The Kier molecular flexibility index (Phi) is 4.33. The van der Waals surface area contributed by atoms with Crippen LogP contribution in [0.3, 0.4) is 0 Å². The second kappa shape index (κ2) is 6.41. The molecule has 0 bridgehead atoms. The highest BCUT2D eigenvalue weighted by Crippen LogP contribution is 2.32. The van der Waals surface area contributed by atoms with Crippen molar-refractivity contribution in [3.05, 3.63) is 65.5 Å². The van der Waals surface area contributed by atoms with E-state index in [1.165, 1.54) is 17.7 Å². The largest absolute Gasteiger partial charge is 0.505 e.